The van der Waals surface area contributed by atoms with Gasteiger partial charge < -0.3 is 5.32 Å². The molecule has 2 rings (SSSR count). The van der Waals surface area contributed by atoms with Crippen molar-refractivity contribution >= 4 is 35.0 Å². The van der Waals surface area contributed by atoms with Gasteiger partial charge in [0.25, 0.3) is 0 Å². The van der Waals surface area contributed by atoms with Gasteiger partial charge in [-0.2, -0.15) is 0 Å². The van der Waals surface area contributed by atoms with Crippen LogP contribution in [0, 0.1) is 13.8 Å². The second-order valence-electron chi connectivity index (χ2n) is 6.16. The number of aryl methyl sites for hydroxylation is 1. The fraction of sp³-hybridized carbons (Fsp3) is 0.250. The van der Waals surface area contributed by atoms with E-state index in [4.69, 9.17) is 11.6 Å². The van der Waals surface area contributed by atoms with Gasteiger partial charge in [0.15, 0.2) is 0 Å². The SMILES string of the molecule is Cc1ccccc1CC(=O)NNC(=O)CCC(=O)Nc1cccc(Cl)c1C. The number of nitrogens with one attached hydrogen (secondary N) is 3. The Hall–Kier alpha value is -2.86. The van der Waals surface area contributed by atoms with Gasteiger partial charge in [0, 0.05) is 23.6 Å². The summed E-state index contributed by atoms with van der Waals surface area (Å²) in [5.41, 5.74) is 7.95. The highest BCUT2D eigenvalue weighted by molar-refractivity contribution is 6.31. The Morgan fingerprint density at radius 3 is 2.26 bits per heavy atom. The highest BCUT2D eigenvalue weighted by atomic mass is 35.5. The van der Waals surface area contributed by atoms with E-state index in [9.17, 15) is 14.4 Å². The lowest BCUT2D eigenvalue weighted by molar-refractivity contribution is -0.129. The Bertz CT molecular complexity index is 852. The molecule has 0 saturated heterocycles. The van der Waals surface area contributed by atoms with Crippen LogP contribution in [-0.4, -0.2) is 17.7 Å². The summed E-state index contributed by atoms with van der Waals surface area (Å²) in [4.78, 5) is 35.7. The van der Waals surface area contributed by atoms with Gasteiger partial charge in [0.1, 0.15) is 0 Å². The fourth-order valence-corrected chi connectivity index (χ4v) is 2.58. The number of carbonyl (C=O) groups excluding carboxylic acids is 3. The lowest BCUT2D eigenvalue weighted by atomic mass is 10.1. The van der Waals surface area contributed by atoms with Crippen LogP contribution in [0.5, 0.6) is 0 Å². The summed E-state index contributed by atoms with van der Waals surface area (Å²) >= 11 is 6.01. The predicted molar refractivity (Wildman–Crippen MR) is 105 cm³/mol. The summed E-state index contributed by atoms with van der Waals surface area (Å²) < 4.78 is 0. The monoisotopic (exact) mass is 387 g/mol. The van der Waals surface area contributed by atoms with E-state index in [-0.39, 0.29) is 31.1 Å². The zero-order chi connectivity index (χ0) is 19.8. The number of hydrogen-bond acceptors (Lipinski definition) is 3. The van der Waals surface area contributed by atoms with Gasteiger partial charge in [-0.25, -0.2) is 0 Å². The van der Waals surface area contributed by atoms with E-state index >= 15 is 0 Å². The van der Waals surface area contributed by atoms with Gasteiger partial charge in [-0.1, -0.05) is 41.9 Å². The molecule has 3 N–H and O–H groups in total. The average molecular weight is 388 g/mol. The average Bonchev–Trinajstić information content (AvgIpc) is 2.64. The van der Waals surface area contributed by atoms with Crippen LogP contribution < -0.4 is 16.2 Å². The second kappa shape index (κ2) is 9.73. The molecule has 0 saturated carbocycles. The number of anilines is 1. The van der Waals surface area contributed by atoms with Crippen molar-refractivity contribution in [2.24, 2.45) is 0 Å². The molecule has 2 aromatic carbocycles. The van der Waals surface area contributed by atoms with E-state index < -0.39 is 5.91 Å². The minimum absolute atomic E-state index is 0.00848. The number of carbonyl (C=O) groups is 3. The first-order valence-electron chi connectivity index (χ1n) is 8.54. The molecular formula is C20H22ClN3O3. The molecule has 0 heterocycles. The van der Waals surface area contributed by atoms with Crippen LogP contribution in [-0.2, 0) is 20.8 Å². The van der Waals surface area contributed by atoms with E-state index in [1.807, 2.05) is 31.2 Å². The number of hydrazine groups is 1. The third-order valence-electron chi connectivity index (χ3n) is 4.07. The van der Waals surface area contributed by atoms with Gasteiger partial charge >= 0.3 is 0 Å². The molecule has 0 bridgehead atoms. The van der Waals surface area contributed by atoms with E-state index in [1.165, 1.54) is 0 Å². The van der Waals surface area contributed by atoms with Gasteiger partial charge in [0.2, 0.25) is 17.7 Å². The molecule has 0 unspecified atom stereocenters. The van der Waals surface area contributed by atoms with Crippen molar-refractivity contribution in [1.82, 2.24) is 10.9 Å². The maximum absolute atomic E-state index is 12.0. The Morgan fingerprint density at radius 2 is 1.52 bits per heavy atom. The summed E-state index contributed by atoms with van der Waals surface area (Å²) in [7, 11) is 0. The Kier molecular flexibility index (Phi) is 7.37. The summed E-state index contributed by atoms with van der Waals surface area (Å²) in [5, 5.41) is 3.28. The molecule has 6 nitrogen and oxygen atoms in total. The maximum atomic E-state index is 12.0. The van der Waals surface area contributed by atoms with Crippen molar-refractivity contribution in [2.45, 2.75) is 33.1 Å². The molecule has 0 aliphatic rings. The molecule has 0 aliphatic heterocycles. The van der Waals surface area contributed by atoms with Crippen LogP contribution in [0.25, 0.3) is 0 Å². The van der Waals surface area contributed by atoms with Gasteiger partial charge in [-0.3, -0.25) is 25.2 Å². The summed E-state index contributed by atoms with van der Waals surface area (Å²) in [6.07, 6.45) is 0.114. The van der Waals surface area contributed by atoms with Crippen LogP contribution in [0.3, 0.4) is 0 Å². The lowest BCUT2D eigenvalue weighted by Crippen LogP contribution is -2.42. The summed E-state index contributed by atoms with van der Waals surface area (Å²) in [5.74, 6) is -1.07. The number of rotatable bonds is 6. The summed E-state index contributed by atoms with van der Waals surface area (Å²) in [6.45, 7) is 3.72. The molecule has 0 radical (unpaired) electrons. The van der Waals surface area contributed by atoms with Crippen molar-refractivity contribution in [1.29, 1.82) is 0 Å². The third kappa shape index (κ3) is 6.42. The van der Waals surface area contributed by atoms with Crippen molar-refractivity contribution in [3.05, 3.63) is 64.2 Å². The van der Waals surface area contributed by atoms with Crippen LogP contribution in [0.2, 0.25) is 5.02 Å². The maximum Gasteiger partial charge on any atom is 0.242 e. The highest BCUT2D eigenvalue weighted by Gasteiger charge is 2.11. The Labute approximate surface area is 163 Å². The molecule has 27 heavy (non-hydrogen) atoms. The zero-order valence-electron chi connectivity index (χ0n) is 15.3. The van der Waals surface area contributed by atoms with Crippen molar-refractivity contribution < 1.29 is 14.4 Å². The summed E-state index contributed by atoms with van der Waals surface area (Å²) in [6, 6.07) is 12.7. The van der Waals surface area contributed by atoms with Crippen LogP contribution >= 0.6 is 11.6 Å². The van der Waals surface area contributed by atoms with E-state index in [0.29, 0.717) is 10.7 Å². The second-order valence-corrected chi connectivity index (χ2v) is 6.57. The molecule has 142 valence electrons. The first kappa shape index (κ1) is 20.5. The molecule has 0 aromatic heterocycles. The third-order valence-corrected chi connectivity index (χ3v) is 4.48. The standard InChI is InChI=1S/C20H22ClN3O3/c1-13-6-3-4-7-15(13)12-20(27)24-23-19(26)11-10-18(25)22-17-9-5-8-16(21)14(17)2/h3-9H,10-12H2,1-2H3,(H,22,25)(H,23,26)(H,24,27). The quantitative estimate of drug-likeness (QED) is 0.665. The van der Waals surface area contributed by atoms with Gasteiger partial charge in [0.05, 0.1) is 6.42 Å². The largest absolute Gasteiger partial charge is 0.326 e. The number of hydrogen-bond donors (Lipinski definition) is 3. The lowest BCUT2D eigenvalue weighted by Gasteiger charge is -2.10. The van der Waals surface area contributed by atoms with Crippen molar-refractivity contribution in [2.75, 3.05) is 5.32 Å². The number of amides is 3. The van der Waals surface area contributed by atoms with Gasteiger partial charge in [-0.15, -0.1) is 0 Å². The van der Waals surface area contributed by atoms with E-state index in [1.54, 1.807) is 25.1 Å². The predicted octanol–water partition coefficient (Wildman–Crippen LogP) is 3.07. The number of benzene rings is 2. The van der Waals surface area contributed by atoms with Crippen molar-refractivity contribution in [3.63, 3.8) is 0 Å². The molecule has 0 aliphatic carbocycles. The minimum atomic E-state index is -0.439. The first-order chi connectivity index (χ1) is 12.9. The molecule has 0 spiro atoms. The minimum Gasteiger partial charge on any atom is -0.326 e. The topological polar surface area (TPSA) is 87.3 Å². The Morgan fingerprint density at radius 1 is 0.852 bits per heavy atom. The van der Waals surface area contributed by atoms with E-state index in [0.717, 1.165) is 16.7 Å². The fourth-order valence-electron chi connectivity index (χ4n) is 2.41. The molecule has 2 aromatic rings. The molecule has 7 heteroatoms. The smallest absolute Gasteiger partial charge is 0.242 e. The van der Waals surface area contributed by atoms with Crippen molar-refractivity contribution in [3.8, 4) is 0 Å². The van der Waals surface area contributed by atoms with Crippen LogP contribution in [0.15, 0.2) is 42.5 Å². The molecule has 0 fully saturated rings. The Balaban J connectivity index is 1.72. The van der Waals surface area contributed by atoms with Crippen LogP contribution in [0.1, 0.15) is 29.5 Å². The highest BCUT2D eigenvalue weighted by Crippen LogP contribution is 2.23. The zero-order valence-corrected chi connectivity index (χ0v) is 16.0. The number of halogens is 1. The van der Waals surface area contributed by atoms with Gasteiger partial charge in [-0.05, 0) is 42.7 Å². The normalized spacial score (nSPS) is 10.2. The first-order valence-corrected chi connectivity index (χ1v) is 8.91. The molecule has 3 amide bonds. The molecular weight excluding hydrogens is 366 g/mol. The van der Waals surface area contributed by atoms with Crippen LogP contribution in [0.4, 0.5) is 5.69 Å². The molecule has 0 atom stereocenters. The van der Waals surface area contributed by atoms with E-state index in [2.05, 4.69) is 16.2 Å².